The predicted octanol–water partition coefficient (Wildman–Crippen LogP) is 3.48. The number of carbonyl (C=O) groups excluding carboxylic acids is 1. The lowest BCUT2D eigenvalue weighted by Gasteiger charge is -2.32. The first-order chi connectivity index (χ1) is 12.2. The molecule has 5 heteroatoms. The SMILES string of the molecule is Cc1ccc2c(CC(=O)N3CCCC(c4cnccn4)C3)coc2c1. The summed E-state index contributed by atoms with van der Waals surface area (Å²) < 4.78 is 5.62. The summed E-state index contributed by atoms with van der Waals surface area (Å²) in [6.07, 6.45) is 9.35. The van der Waals surface area contributed by atoms with Gasteiger partial charge in [0.2, 0.25) is 5.91 Å². The minimum absolute atomic E-state index is 0.150. The highest BCUT2D eigenvalue weighted by Gasteiger charge is 2.26. The molecule has 1 aromatic carbocycles. The van der Waals surface area contributed by atoms with Crippen LogP contribution in [0.4, 0.5) is 0 Å². The van der Waals surface area contributed by atoms with Crippen molar-refractivity contribution in [3.05, 3.63) is 59.9 Å². The van der Waals surface area contributed by atoms with E-state index in [0.29, 0.717) is 13.0 Å². The molecule has 4 rings (SSSR count). The lowest BCUT2D eigenvalue weighted by atomic mass is 9.94. The van der Waals surface area contributed by atoms with Gasteiger partial charge in [0.15, 0.2) is 0 Å². The Hall–Kier alpha value is -2.69. The number of hydrogen-bond donors (Lipinski definition) is 0. The number of nitrogens with zero attached hydrogens (tertiary/aromatic N) is 3. The first kappa shape index (κ1) is 15.8. The number of aromatic nitrogens is 2. The van der Waals surface area contributed by atoms with E-state index >= 15 is 0 Å². The highest BCUT2D eigenvalue weighted by molar-refractivity contribution is 5.88. The topological polar surface area (TPSA) is 59.2 Å². The monoisotopic (exact) mass is 335 g/mol. The van der Waals surface area contributed by atoms with Crippen LogP contribution in [0.5, 0.6) is 0 Å². The standard InChI is InChI=1S/C20H21N3O2/c1-14-4-5-17-16(13-25-19(17)9-14)10-20(24)23-8-2-3-15(12-23)18-11-21-6-7-22-18/h4-7,9,11,13,15H,2-3,8,10,12H2,1H3. The largest absolute Gasteiger partial charge is 0.464 e. The summed E-state index contributed by atoms with van der Waals surface area (Å²) in [5, 5.41) is 1.03. The molecular weight excluding hydrogens is 314 g/mol. The fourth-order valence-corrected chi connectivity index (χ4v) is 3.57. The summed E-state index contributed by atoms with van der Waals surface area (Å²) in [4.78, 5) is 23.3. The van der Waals surface area contributed by atoms with Crippen LogP contribution in [0.15, 0.2) is 47.5 Å². The van der Waals surface area contributed by atoms with Gasteiger partial charge in [0.25, 0.3) is 0 Å². The van der Waals surface area contributed by atoms with Gasteiger partial charge in [0.1, 0.15) is 5.58 Å². The van der Waals surface area contributed by atoms with Crippen molar-refractivity contribution in [1.29, 1.82) is 0 Å². The first-order valence-electron chi connectivity index (χ1n) is 8.71. The molecule has 1 amide bonds. The molecule has 0 bridgehead atoms. The van der Waals surface area contributed by atoms with E-state index in [1.165, 1.54) is 0 Å². The minimum atomic E-state index is 0.150. The molecule has 2 aromatic heterocycles. The van der Waals surface area contributed by atoms with E-state index in [1.54, 1.807) is 18.7 Å². The molecule has 1 unspecified atom stereocenters. The Morgan fingerprint density at radius 2 is 2.28 bits per heavy atom. The second-order valence-corrected chi connectivity index (χ2v) is 6.75. The van der Waals surface area contributed by atoms with E-state index in [0.717, 1.165) is 47.2 Å². The predicted molar refractivity (Wildman–Crippen MR) is 95.2 cm³/mol. The molecule has 1 aliphatic rings. The number of hydrogen-bond acceptors (Lipinski definition) is 4. The molecular formula is C20H21N3O2. The quantitative estimate of drug-likeness (QED) is 0.735. The summed E-state index contributed by atoms with van der Waals surface area (Å²) >= 11 is 0. The molecule has 0 aliphatic carbocycles. The fourth-order valence-electron chi connectivity index (χ4n) is 3.57. The Morgan fingerprint density at radius 3 is 3.12 bits per heavy atom. The van der Waals surface area contributed by atoms with Crippen molar-refractivity contribution in [2.75, 3.05) is 13.1 Å². The van der Waals surface area contributed by atoms with Crippen LogP contribution < -0.4 is 0 Å². The van der Waals surface area contributed by atoms with Gasteiger partial charge in [-0.1, -0.05) is 12.1 Å². The smallest absolute Gasteiger partial charge is 0.227 e. The van der Waals surface area contributed by atoms with Crippen LogP contribution in [-0.2, 0) is 11.2 Å². The van der Waals surface area contributed by atoms with E-state index in [4.69, 9.17) is 4.42 Å². The van der Waals surface area contributed by atoms with E-state index in [9.17, 15) is 4.79 Å². The normalized spacial score (nSPS) is 17.8. The van der Waals surface area contributed by atoms with Crippen LogP contribution in [0.1, 0.15) is 35.6 Å². The molecule has 1 fully saturated rings. The Labute approximate surface area is 146 Å². The third-order valence-corrected chi connectivity index (χ3v) is 4.93. The summed E-state index contributed by atoms with van der Waals surface area (Å²) in [5.41, 5.74) is 3.94. The van der Waals surface area contributed by atoms with E-state index in [1.807, 2.05) is 30.2 Å². The van der Waals surface area contributed by atoms with E-state index in [2.05, 4.69) is 16.0 Å². The zero-order chi connectivity index (χ0) is 17.2. The Kier molecular flexibility index (Phi) is 4.22. The molecule has 1 atom stereocenters. The summed E-state index contributed by atoms with van der Waals surface area (Å²) in [6, 6.07) is 6.10. The third-order valence-electron chi connectivity index (χ3n) is 4.93. The lowest BCUT2D eigenvalue weighted by Crippen LogP contribution is -2.40. The van der Waals surface area contributed by atoms with Crippen molar-refractivity contribution in [2.45, 2.75) is 32.1 Å². The van der Waals surface area contributed by atoms with Gasteiger partial charge in [-0.2, -0.15) is 0 Å². The number of amides is 1. The Morgan fingerprint density at radius 1 is 1.36 bits per heavy atom. The number of furan rings is 1. The number of piperidine rings is 1. The molecule has 5 nitrogen and oxygen atoms in total. The van der Waals surface area contributed by atoms with Crippen molar-refractivity contribution in [3.8, 4) is 0 Å². The van der Waals surface area contributed by atoms with Crippen LogP contribution in [0.3, 0.4) is 0 Å². The van der Waals surface area contributed by atoms with Gasteiger partial charge in [-0.05, 0) is 31.4 Å². The van der Waals surface area contributed by atoms with Crippen molar-refractivity contribution in [2.24, 2.45) is 0 Å². The summed E-state index contributed by atoms with van der Waals surface area (Å²) in [7, 11) is 0. The molecule has 25 heavy (non-hydrogen) atoms. The fraction of sp³-hybridized carbons (Fsp3) is 0.350. The summed E-state index contributed by atoms with van der Waals surface area (Å²) in [5.74, 6) is 0.423. The number of aryl methyl sites for hydroxylation is 1. The van der Waals surface area contributed by atoms with Crippen molar-refractivity contribution in [1.82, 2.24) is 14.9 Å². The van der Waals surface area contributed by atoms with E-state index < -0.39 is 0 Å². The number of benzene rings is 1. The molecule has 1 aliphatic heterocycles. The van der Waals surface area contributed by atoms with Gasteiger partial charge in [-0.15, -0.1) is 0 Å². The van der Waals surface area contributed by atoms with Crippen LogP contribution in [0.25, 0.3) is 11.0 Å². The maximum Gasteiger partial charge on any atom is 0.227 e. The molecule has 3 heterocycles. The van der Waals surface area contributed by atoms with Gasteiger partial charge in [-0.3, -0.25) is 14.8 Å². The number of rotatable bonds is 3. The Bertz CT molecular complexity index is 888. The van der Waals surface area contributed by atoms with Crippen LogP contribution >= 0.6 is 0 Å². The second kappa shape index (κ2) is 6.67. The molecule has 0 spiro atoms. The zero-order valence-electron chi connectivity index (χ0n) is 14.3. The second-order valence-electron chi connectivity index (χ2n) is 6.75. The average Bonchev–Trinajstić information content (AvgIpc) is 3.04. The highest BCUT2D eigenvalue weighted by Crippen LogP contribution is 2.27. The van der Waals surface area contributed by atoms with Crippen molar-refractivity contribution in [3.63, 3.8) is 0 Å². The lowest BCUT2D eigenvalue weighted by molar-refractivity contribution is -0.131. The van der Waals surface area contributed by atoms with Crippen molar-refractivity contribution >= 4 is 16.9 Å². The number of fused-ring (bicyclic) bond motifs is 1. The molecule has 0 N–H and O–H groups in total. The van der Waals surface area contributed by atoms with Crippen LogP contribution in [0.2, 0.25) is 0 Å². The molecule has 0 saturated carbocycles. The highest BCUT2D eigenvalue weighted by atomic mass is 16.3. The number of carbonyl (C=O) groups is 1. The summed E-state index contributed by atoms with van der Waals surface area (Å²) in [6.45, 7) is 3.56. The maximum absolute atomic E-state index is 12.8. The van der Waals surface area contributed by atoms with Crippen LogP contribution in [-0.4, -0.2) is 33.9 Å². The van der Waals surface area contributed by atoms with Gasteiger partial charge < -0.3 is 9.32 Å². The van der Waals surface area contributed by atoms with E-state index in [-0.39, 0.29) is 11.8 Å². The van der Waals surface area contributed by atoms with Gasteiger partial charge in [0, 0.05) is 48.5 Å². The molecule has 128 valence electrons. The van der Waals surface area contributed by atoms with Gasteiger partial charge in [0.05, 0.1) is 18.4 Å². The van der Waals surface area contributed by atoms with Crippen LogP contribution in [0, 0.1) is 6.92 Å². The maximum atomic E-state index is 12.8. The molecule has 1 saturated heterocycles. The van der Waals surface area contributed by atoms with Crippen molar-refractivity contribution < 1.29 is 9.21 Å². The zero-order valence-corrected chi connectivity index (χ0v) is 14.3. The number of likely N-dealkylation sites (tertiary alicyclic amines) is 1. The molecule has 0 radical (unpaired) electrons. The Balaban J connectivity index is 1.48. The third kappa shape index (κ3) is 3.27. The first-order valence-corrected chi connectivity index (χ1v) is 8.71. The average molecular weight is 335 g/mol. The van der Waals surface area contributed by atoms with Gasteiger partial charge in [-0.25, -0.2) is 0 Å². The van der Waals surface area contributed by atoms with Gasteiger partial charge >= 0.3 is 0 Å². The molecule has 3 aromatic rings. The minimum Gasteiger partial charge on any atom is -0.464 e.